The van der Waals surface area contributed by atoms with Crippen molar-refractivity contribution in [3.8, 4) is 0 Å². The Bertz CT molecular complexity index is 1310. The second kappa shape index (κ2) is 61.7. The molecule has 0 fully saturated rings. The van der Waals surface area contributed by atoms with Crippen molar-refractivity contribution in [1.29, 1.82) is 0 Å². The Balaban J connectivity index is 4.35. The van der Waals surface area contributed by atoms with Gasteiger partial charge < -0.3 is 14.2 Å². The molecule has 0 amide bonds. The summed E-state index contributed by atoms with van der Waals surface area (Å²) in [6.45, 7) is 6.54. The van der Waals surface area contributed by atoms with Crippen LogP contribution >= 0.6 is 0 Å². The topological polar surface area (TPSA) is 78.9 Å². The summed E-state index contributed by atoms with van der Waals surface area (Å²) in [6, 6.07) is 0. The Labute approximate surface area is 453 Å². The molecule has 0 bridgehead atoms. The molecule has 6 nitrogen and oxygen atoms in total. The SMILES string of the molecule is CC/C=C\C/C=C\C/C=C\C/C=C\CCCCC(=O)O[C@H](COC(=O)CCCCCCCCCCC/C=C\CCCCCCCC)COC(=O)CCCCCCCCCCCCCCCCCCCCCCC. The molecule has 73 heavy (non-hydrogen) atoms. The fraction of sp³-hybridized carbons (Fsp3) is 0.806. The van der Waals surface area contributed by atoms with Crippen LogP contribution < -0.4 is 0 Å². The zero-order valence-corrected chi connectivity index (χ0v) is 48.7. The zero-order valence-electron chi connectivity index (χ0n) is 48.7. The molecule has 0 saturated carbocycles. The molecule has 0 aliphatic carbocycles. The van der Waals surface area contributed by atoms with Gasteiger partial charge in [0.2, 0.25) is 0 Å². The molecule has 1 atom stereocenters. The van der Waals surface area contributed by atoms with Crippen LogP contribution in [-0.2, 0) is 28.6 Å². The van der Waals surface area contributed by atoms with E-state index in [4.69, 9.17) is 14.2 Å². The molecule has 0 aromatic carbocycles. The van der Waals surface area contributed by atoms with E-state index in [0.717, 1.165) is 77.0 Å². The van der Waals surface area contributed by atoms with E-state index in [-0.39, 0.29) is 37.5 Å². The van der Waals surface area contributed by atoms with Gasteiger partial charge in [-0.15, -0.1) is 0 Å². The van der Waals surface area contributed by atoms with Crippen LogP contribution in [0.25, 0.3) is 0 Å². The molecule has 0 aromatic heterocycles. The van der Waals surface area contributed by atoms with Crippen LogP contribution in [0.1, 0.15) is 329 Å². The van der Waals surface area contributed by atoms with Gasteiger partial charge in [0.15, 0.2) is 6.10 Å². The first-order chi connectivity index (χ1) is 36.0. The normalized spacial score (nSPS) is 12.4. The van der Waals surface area contributed by atoms with E-state index < -0.39 is 6.10 Å². The summed E-state index contributed by atoms with van der Waals surface area (Å²) in [5, 5.41) is 0. The van der Waals surface area contributed by atoms with Crippen LogP contribution in [0.15, 0.2) is 60.8 Å². The van der Waals surface area contributed by atoms with Gasteiger partial charge in [0.25, 0.3) is 0 Å². The minimum absolute atomic E-state index is 0.0883. The summed E-state index contributed by atoms with van der Waals surface area (Å²) in [5.74, 6) is -0.914. The lowest BCUT2D eigenvalue weighted by Crippen LogP contribution is -2.30. The number of ether oxygens (including phenoxy) is 3. The summed E-state index contributed by atoms with van der Waals surface area (Å²) >= 11 is 0. The lowest BCUT2D eigenvalue weighted by atomic mass is 10.0. The molecule has 0 aliphatic heterocycles. The second-order valence-corrected chi connectivity index (χ2v) is 21.3. The predicted octanol–water partition coefficient (Wildman–Crippen LogP) is 21.6. The molecular weight excluding hydrogens is 901 g/mol. The Morgan fingerprint density at radius 2 is 0.534 bits per heavy atom. The molecule has 6 heteroatoms. The number of esters is 3. The maximum Gasteiger partial charge on any atom is 0.306 e. The Morgan fingerprint density at radius 1 is 0.288 bits per heavy atom. The van der Waals surface area contributed by atoms with E-state index in [1.54, 1.807) is 0 Å². The van der Waals surface area contributed by atoms with Crippen molar-refractivity contribution in [3.63, 3.8) is 0 Å². The van der Waals surface area contributed by atoms with Crippen molar-refractivity contribution in [2.75, 3.05) is 13.2 Å². The molecule has 0 aromatic rings. The van der Waals surface area contributed by atoms with Crippen LogP contribution in [0.3, 0.4) is 0 Å². The summed E-state index contributed by atoms with van der Waals surface area (Å²) in [4.78, 5) is 38.3. The number of rotatable bonds is 58. The summed E-state index contributed by atoms with van der Waals surface area (Å²) < 4.78 is 16.9. The van der Waals surface area contributed by atoms with Crippen LogP contribution in [-0.4, -0.2) is 37.2 Å². The standard InChI is InChI=1S/C67H120O6/c1-4-7-10-13-16-19-22-25-28-30-32-33-35-37-40-42-45-48-51-54-57-60-66(69)72-63-64(73-67(70)61-58-55-52-49-46-43-38-27-24-21-18-15-12-9-6-3)62-71-65(68)59-56-53-50-47-44-41-39-36-34-31-29-26-23-20-17-14-11-8-5-2/h9,12,18,21,26-27,29,38,46,49,64H,4-8,10-11,13-17,19-20,22-25,28,30-37,39-45,47-48,50-63H2,1-3H3/b12-9-,21-18-,29-26-,38-27-,49-46-/t64-/m1/s1. The molecule has 0 unspecified atom stereocenters. The number of carbonyl (C=O) groups excluding carboxylic acids is 3. The molecule has 424 valence electrons. The monoisotopic (exact) mass is 1020 g/mol. The highest BCUT2D eigenvalue weighted by molar-refractivity contribution is 5.71. The molecular formula is C67H120O6. The second-order valence-electron chi connectivity index (χ2n) is 21.3. The maximum absolute atomic E-state index is 12.9. The summed E-state index contributed by atoms with van der Waals surface area (Å²) in [5.41, 5.74) is 0. The van der Waals surface area contributed by atoms with Crippen molar-refractivity contribution >= 4 is 17.9 Å². The molecule has 0 rings (SSSR count). The highest BCUT2D eigenvalue weighted by atomic mass is 16.6. The number of unbranched alkanes of at least 4 members (excludes halogenated alkanes) is 37. The van der Waals surface area contributed by atoms with E-state index in [0.29, 0.717) is 19.3 Å². The van der Waals surface area contributed by atoms with Gasteiger partial charge in [-0.3, -0.25) is 14.4 Å². The molecule has 0 heterocycles. The highest BCUT2D eigenvalue weighted by Gasteiger charge is 2.19. The summed E-state index contributed by atoms with van der Waals surface area (Å²) in [6.07, 6.45) is 78.0. The van der Waals surface area contributed by atoms with E-state index >= 15 is 0 Å². The van der Waals surface area contributed by atoms with Gasteiger partial charge >= 0.3 is 17.9 Å². The lowest BCUT2D eigenvalue weighted by molar-refractivity contribution is -0.167. The largest absolute Gasteiger partial charge is 0.462 e. The van der Waals surface area contributed by atoms with Crippen LogP contribution in [0, 0.1) is 0 Å². The zero-order chi connectivity index (χ0) is 52.9. The highest BCUT2D eigenvalue weighted by Crippen LogP contribution is 2.17. The lowest BCUT2D eigenvalue weighted by Gasteiger charge is -2.18. The van der Waals surface area contributed by atoms with Crippen molar-refractivity contribution in [1.82, 2.24) is 0 Å². The molecule has 0 aliphatic rings. The minimum Gasteiger partial charge on any atom is -0.462 e. The van der Waals surface area contributed by atoms with E-state index in [2.05, 4.69) is 81.5 Å². The van der Waals surface area contributed by atoms with Crippen LogP contribution in [0.2, 0.25) is 0 Å². The average Bonchev–Trinajstić information content (AvgIpc) is 3.39. The molecule has 0 radical (unpaired) electrons. The molecule has 0 saturated heterocycles. The predicted molar refractivity (Wildman–Crippen MR) is 316 cm³/mol. The third-order valence-electron chi connectivity index (χ3n) is 14.0. The fourth-order valence-electron chi connectivity index (χ4n) is 9.25. The number of hydrogen-bond acceptors (Lipinski definition) is 6. The van der Waals surface area contributed by atoms with Gasteiger partial charge in [0, 0.05) is 19.3 Å². The fourth-order valence-corrected chi connectivity index (χ4v) is 9.25. The Hall–Kier alpha value is -2.89. The van der Waals surface area contributed by atoms with Gasteiger partial charge in [-0.2, -0.15) is 0 Å². The van der Waals surface area contributed by atoms with Crippen molar-refractivity contribution < 1.29 is 28.6 Å². The van der Waals surface area contributed by atoms with Crippen molar-refractivity contribution in [3.05, 3.63) is 60.8 Å². The molecule has 0 spiro atoms. The van der Waals surface area contributed by atoms with Gasteiger partial charge in [-0.05, 0) is 83.5 Å². The first-order valence-corrected chi connectivity index (χ1v) is 31.8. The quantitative estimate of drug-likeness (QED) is 0.0261. The average molecular weight is 1020 g/mol. The first kappa shape index (κ1) is 70.1. The van der Waals surface area contributed by atoms with Crippen molar-refractivity contribution in [2.24, 2.45) is 0 Å². The van der Waals surface area contributed by atoms with Crippen molar-refractivity contribution in [2.45, 2.75) is 335 Å². The first-order valence-electron chi connectivity index (χ1n) is 31.8. The van der Waals surface area contributed by atoms with Crippen LogP contribution in [0.5, 0.6) is 0 Å². The van der Waals surface area contributed by atoms with E-state index in [1.807, 2.05) is 0 Å². The van der Waals surface area contributed by atoms with E-state index in [9.17, 15) is 14.4 Å². The van der Waals surface area contributed by atoms with Gasteiger partial charge in [0.1, 0.15) is 13.2 Å². The van der Waals surface area contributed by atoms with Gasteiger partial charge in [0.05, 0.1) is 0 Å². The Kier molecular flexibility index (Phi) is 59.2. The Morgan fingerprint density at radius 3 is 0.877 bits per heavy atom. The number of hydrogen-bond donors (Lipinski definition) is 0. The number of allylic oxidation sites excluding steroid dienone is 10. The third kappa shape index (κ3) is 59.9. The van der Waals surface area contributed by atoms with Crippen LogP contribution in [0.4, 0.5) is 0 Å². The number of carbonyl (C=O) groups is 3. The van der Waals surface area contributed by atoms with Gasteiger partial charge in [-0.1, -0.05) is 287 Å². The van der Waals surface area contributed by atoms with Gasteiger partial charge in [-0.25, -0.2) is 0 Å². The minimum atomic E-state index is -0.796. The summed E-state index contributed by atoms with van der Waals surface area (Å²) in [7, 11) is 0. The van der Waals surface area contributed by atoms with E-state index in [1.165, 1.54) is 205 Å². The molecule has 0 N–H and O–H groups in total. The smallest absolute Gasteiger partial charge is 0.306 e. The third-order valence-corrected chi connectivity index (χ3v) is 14.0. The maximum atomic E-state index is 12.9.